The minimum atomic E-state index is -0.750. The molecule has 118 valence electrons. The van der Waals surface area contributed by atoms with Crippen LogP contribution < -0.4 is 5.32 Å². The van der Waals surface area contributed by atoms with E-state index in [2.05, 4.69) is 10.4 Å². The second kappa shape index (κ2) is 7.40. The van der Waals surface area contributed by atoms with Crippen molar-refractivity contribution < 1.29 is 14.6 Å². The monoisotopic (exact) mass is 323 g/mol. The maximum absolute atomic E-state index is 12.1. The number of hydrogen-bond acceptors (Lipinski definition) is 4. The normalized spacial score (nSPS) is 12.2. The lowest BCUT2D eigenvalue weighted by molar-refractivity contribution is 0.0608. The SMILES string of the molecule is COC[C@@H](O)CNC(=O)c1nn(-c2ccccc2Cl)cc1C. The molecule has 0 aliphatic carbocycles. The van der Waals surface area contributed by atoms with E-state index in [1.807, 2.05) is 18.2 Å². The largest absolute Gasteiger partial charge is 0.389 e. The predicted octanol–water partition coefficient (Wildman–Crippen LogP) is 1.57. The first-order chi connectivity index (χ1) is 10.5. The highest BCUT2D eigenvalue weighted by molar-refractivity contribution is 6.32. The number of amides is 1. The molecule has 2 N–H and O–H groups in total. The summed E-state index contributed by atoms with van der Waals surface area (Å²) in [7, 11) is 1.49. The molecule has 6 nitrogen and oxygen atoms in total. The van der Waals surface area contributed by atoms with E-state index in [4.69, 9.17) is 16.3 Å². The Morgan fingerprint density at radius 3 is 2.91 bits per heavy atom. The van der Waals surface area contributed by atoms with Gasteiger partial charge in [0, 0.05) is 25.4 Å². The lowest BCUT2D eigenvalue weighted by atomic mass is 10.2. The first-order valence-corrected chi connectivity index (χ1v) is 7.17. The fourth-order valence-electron chi connectivity index (χ4n) is 1.99. The van der Waals surface area contributed by atoms with Gasteiger partial charge in [-0.2, -0.15) is 5.10 Å². The molecule has 1 atom stereocenters. The molecule has 0 aliphatic heterocycles. The van der Waals surface area contributed by atoms with Gasteiger partial charge in [-0.05, 0) is 19.1 Å². The molecule has 2 aromatic rings. The second-order valence-corrected chi connectivity index (χ2v) is 5.28. The van der Waals surface area contributed by atoms with Crippen LogP contribution in [0, 0.1) is 6.92 Å². The molecule has 0 spiro atoms. The van der Waals surface area contributed by atoms with E-state index in [0.717, 1.165) is 5.56 Å². The van der Waals surface area contributed by atoms with Crippen molar-refractivity contribution in [2.45, 2.75) is 13.0 Å². The number of para-hydroxylation sites is 1. The number of rotatable bonds is 6. The van der Waals surface area contributed by atoms with Crippen LogP contribution in [0.3, 0.4) is 0 Å². The Morgan fingerprint density at radius 2 is 2.23 bits per heavy atom. The summed E-state index contributed by atoms with van der Waals surface area (Å²) in [4.78, 5) is 12.1. The van der Waals surface area contributed by atoms with Crippen LogP contribution in [0.2, 0.25) is 5.02 Å². The van der Waals surface area contributed by atoms with E-state index in [9.17, 15) is 9.90 Å². The molecular weight excluding hydrogens is 306 g/mol. The zero-order valence-corrected chi connectivity index (χ0v) is 13.2. The minimum absolute atomic E-state index is 0.102. The third kappa shape index (κ3) is 3.85. The highest BCUT2D eigenvalue weighted by Gasteiger charge is 2.16. The molecule has 22 heavy (non-hydrogen) atoms. The van der Waals surface area contributed by atoms with E-state index < -0.39 is 6.10 Å². The van der Waals surface area contributed by atoms with E-state index in [1.165, 1.54) is 7.11 Å². The van der Waals surface area contributed by atoms with E-state index in [0.29, 0.717) is 16.4 Å². The van der Waals surface area contributed by atoms with Crippen LogP contribution in [0.4, 0.5) is 0 Å². The maximum Gasteiger partial charge on any atom is 0.272 e. The van der Waals surface area contributed by atoms with Gasteiger partial charge >= 0.3 is 0 Å². The molecule has 1 amide bonds. The summed E-state index contributed by atoms with van der Waals surface area (Å²) in [5.74, 6) is -0.349. The number of ether oxygens (including phenoxy) is 1. The van der Waals surface area contributed by atoms with Crippen molar-refractivity contribution in [1.29, 1.82) is 0 Å². The maximum atomic E-state index is 12.1. The number of nitrogens with zero attached hydrogens (tertiary/aromatic N) is 2. The Morgan fingerprint density at radius 1 is 1.50 bits per heavy atom. The average Bonchev–Trinajstić information content (AvgIpc) is 2.87. The Kier molecular flexibility index (Phi) is 5.54. The highest BCUT2D eigenvalue weighted by atomic mass is 35.5. The van der Waals surface area contributed by atoms with Crippen LogP contribution in [0.15, 0.2) is 30.5 Å². The highest BCUT2D eigenvalue weighted by Crippen LogP contribution is 2.20. The number of carbonyl (C=O) groups excluding carboxylic acids is 1. The summed E-state index contributed by atoms with van der Waals surface area (Å²) in [6, 6.07) is 7.25. The summed E-state index contributed by atoms with van der Waals surface area (Å²) in [6.07, 6.45) is 0.988. The van der Waals surface area contributed by atoms with Crippen molar-refractivity contribution >= 4 is 17.5 Å². The van der Waals surface area contributed by atoms with Crippen LogP contribution in [0.25, 0.3) is 5.69 Å². The smallest absolute Gasteiger partial charge is 0.272 e. The zero-order chi connectivity index (χ0) is 16.1. The van der Waals surface area contributed by atoms with Crippen LogP contribution >= 0.6 is 11.6 Å². The van der Waals surface area contributed by atoms with Gasteiger partial charge in [0.25, 0.3) is 5.91 Å². The molecule has 0 saturated heterocycles. The number of carbonyl (C=O) groups is 1. The van der Waals surface area contributed by atoms with Gasteiger partial charge in [0.15, 0.2) is 5.69 Å². The van der Waals surface area contributed by atoms with Crippen LogP contribution in [0.1, 0.15) is 16.1 Å². The van der Waals surface area contributed by atoms with E-state index in [1.54, 1.807) is 23.9 Å². The van der Waals surface area contributed by atoms with Crippen LogP contribution in [-0.2, 0) is 4.74 Å². The molecule has 0 saturated carbocycles. The first kappa shape index (κ1) is 16.5. The van der Waals surface area contributed by atoms with Crippen molar-refractivity contribution in [2.24, 2.45) is 0 Å². The fourth-order valence-corrected chi connectivity index (χ4v) is 2.21. The summed E-state index contributed by atoms with van der Waals surface area (Å²) in [6.45, 7) is 2.05. The molecule has 0 aliphatic rings. The van der Waals surface area contributed by atoms with Gasteiger partial charge in [-0.1, -0.05) is 23.7 Å². The van der Waals surface area contributed by atoms with Gasteiger partial charge in [-0.15, -0.1) is 0 Å². The predicted molar refractivity (Wildman–Crippen MR) is 83.5 cm³/mol. The van der Waals surface area contributed by atoms with E-state index >= 15 is 0 Å². The van der Waals surface area contributed by atoms with E-state index in [-0.39, 0.29) is 19.1 Å². The number of aliphatic hydroxyl groups is 1. The van der Waals surface area contributed by atoms with Crippen LogP contribution in [-0.4, -0.2) is 47.2 Å². The zero-order valence-electron chi connectivity index (χ0n) is 12.4. The number of methoxy groups -OCH3 is 1. The fraction of sp³-hybridized carbons (Fsp3) is 0.333. The average molecular weight is 324 g/mol. The number of benzene rings is 1. The summed E-state index contributed by atoms with van der Waals surface area (Å²) >= 11 is 6.13. The third-order valence-corrected chi connectivity index (χ3v) is 3.39. The van der Waals surface area contributed by atoms with Gasteiger partial charge < -0.3 is 15.2 Å². The molecule has 0 unspecified atom stereocenters. The third-order valence-electron chi connectivity index (χ3n) is 3.07. The lowest BCUT2D eigenvalue weighted by Gasteiger charge is -2.10. The summed E-state index contributed by atoms with van der Waals surface area (Å²) < 4.78 is 6.37. The molecule has 0 bridgehead atoms. The molecule has 1 heterocycles. The second-order valence-electron chi connectivity index (χ2n) is 4.88. The first-order valence-electron chi connectivity index (χ1n) is 6.79. The van der Waals surface area contributed by atoms with Gasteiger partial charge in [0.05, 0.1) is 23.4 Å². The van der Waals surface area contributed by atoms with Crippen molar-refractivity contribution in [3.05, 3.63) is 46.7 Å². The summed E-state index contributed by atoms with van der Waals surface area (Å²) in [5, 5.41) is 17.0. The number of aromatic nitrogens is 2. The Labute approximate surface area is 133 Å². The molecular formula is C15H18ClN3O3. The number of aliphatic hydroxyl groups excluding tert-OH is 1. The molecule has 0 radical (unpaired) electrons. The number of aryl methyl sites for hydroxylation is 1. The topological polar surface area (TPSA) is 76.4 Å². The molecule has 2 rings (SSSR count). The molecule has 7 heteroatoms. The van der Waals surface area contributed by atoms with Gasteiger partial charge in [0.2, 0.25) is 0 Å². The number of nitrogens with one attached hydrogen (secondary N) is 1. The summed E-state index contributed by atoms with van der Waals surface area (Å²) in [5.41, 5.74) is 1.72. The Bertz CT molecular complexity index is 657. The minimum Gasteiger partial charge on any atom is -0.389 e. The van der Waals surface area contributed by atoms with Gasteiger partial charge in [-0.3, -0.25) is 4.79 Å². The quantitative estimate of drug-likeness (QED) is 0.846. The lowest BCUT2D eigenvalue weighted by Crippen LogP contribution is -2.34. The Hall–Kier alpha value is -1.89. The van der Waals surface area contributed by atoms with Crippen molar-refractivity contribution in [1.82, 2.24) is 15.1 Å². The Balaban J connectivity index is 2.13. The molecule has 0 fully saturated rings. The molecule has 1 aromatic carbocycles. The van der Waals surface area contributed by atoms with Gasteiger partial charge in [0.1, 0.15) is 0 Å². The number of halogens is 1. The van der Waals surface area contributed by atoms with Crippen molar-refractivity contribution in [2.75, 3.05) is 20.3 Å². The molecule has 1 aromatic heterocycles. The van der Waals surface area contributed by atoms with Gasteiger partial charge in [-0.25, -0.2) is 4.68 Å². The van der Waals surface area contributed by atoms with Crippen LogP contribution in [0.5, 0.6) is 0 Å². The standard InChI is InChI=1S/C15H18ClN3O3/c1-10-8-19(13-6-4-3-5-12(13)16)18-14(10)15(21)17-7-11(20)9-22-2/h3-6,8,11,20H,7,9H2,1-2H3,(H,17,21)/t11-/m0/s1. The van der Waals surface area contributed by atoms with Crippen molar-refractivity contribution in [3.8, 4) is 5.69 Å². The number of hydrogen-bond donors (Lipinski definition) is 2. The van der Waals surface area contributed by atoms with Crippen molar-refractivity contribution in [3.63, 3.8) is 0 Å².